The normalized spacial score (nSPS) is 13.1. The first-order chi connectivity index (χ1) is 21.1. The van der Waals surface area contributed by atoms with Crippen molar-refractivity contribution >= 4 is 10.9 Å². The summed E-state index contributed by atoms with van der Waals surface area (Å²) in [6.45, 7) is 4.64. The first kappa shape index (κ1) is 25.2. The molecule has 0 bridgehead atoms. The molecule has 8 rings (SSSR count). The zero-order valence-corrected chi connectivity index (χ0v) is 24.0. The molecule has 4 aromatic heterocycles. The molecular formula is C39H28N4. The molecule has 0 spiro atoms. The third kappa shape index (κ3) is 4.14. The minimum atomic E-state index is -0.169. The van der Waals surface area contributed by atoms with E-state index in [4.69, 9.17) is 9.97 Å². The van der Waals surface area contributed by atoms with Crippen LogP contribution in [-0.4, -0.2) is 19.9 Å². The number of hydrogen-bond acceptors (Lipinski definition) is 4. The van der Waals surface area contributed by atoms with E-state index in [1.165, 1.54) is 33.2 Å². The molecule has 1 aliphatic rings. The molecule has 0 atom stereocenters. The Labute approximate surface area is 250 Å². The molecule has 7 aromatic rings. The van der Waals surface area contributed by atoms with Crippen molar-refractivity contribution in [1.29, 1.82) is 0 Å². The summed E-state index contributed by atoms with van der Waals surface area (Å²) in [6.07, 6.45) is 3.60. The van der Waals surface area contributed by atoms with Crippen LogP contribution in [-0.2, 0) is 5.41 Å². The SMILES string of the molecule is CC1(C)c2ccccc2-c2nc3ccccc3c(-c3ccc(-c4cc(-c5ccccn5)nc(-c5ccccn5)c4)cc3)c21. The van der Waals surface area contributed by atoms with Crippen LogP contribution >= 0.6 is 0 Å². The molecule has 0 unspecified atom stereocenters. The Hall–Kier alpha value is -5.48. The quantitative estimate of drug-likeness (QED) is 0.218. The zero-order valence-electron chi connectivity index (χ0n) is 24.0. The molecule has 0 radical (unpaired) electrons. The summed E-state index contributed by atoms with van der Waals surface area (Å²) in [7, 11) is 0. The van der Waals surface area contributed by atoms with Crippen molar-refractivity contribution in [3.63, 3.8) is 0 Å². The van der Waals surface area contributed by atoms with Gasteiger partial charge in [-0.1, -0.05) is 92.7 Å². The van der Waals surface area contributed by atoms with Crippen molar-refractivity contribution in [2.45, 2.75) is 19.3 Å². The molecule has 4 nitrogen and oxygen atoms in total. The van der Waals surface area contributed by atoms with Crippen LogP contribution < -0.4 is 0 Å². The largest absolute Gasteiger partial charge is 0.255 e. The lowest BCUT2D eigenvalue weighted by molar-refractivity contribution is 0.662. The van der Waals surface area contributed by atoms with E-state index in [1.54, 1.807) is 12.4 Å². The van der Waals surface area contributed by atoms with E-state index < -0.39 is 0 Å². The maximum Gasteiger partial charge on any atom is 0.0900 e. The molecule has 0 amide bonds. The van der Waals surface area contributed by atoms with Gasteiger partial charge in [0.15, 0.2) is 0 Å². The van der Waals surface area contributed by atoms with Gasteiger partial charge in [0.25, 0.3) is 0 Å². The smallest absolute Gasteiger partial charge is 0.0900 e. The second kappa shape index (κ2) is 9.81. The van der Waals surface area contributed by atoms with Crippen LogP contribution in [0.3, 0.4) is 0 Å². The van der Waals surface area contributed by atoms with Crippen molar-refractivity contribution < 1.29 is 0 Å². The highest BCUT2D eigenvalue weighted by Crippen LogP contribution is 2.53. The van der Waals surface area contributed by atoms with Crippen molar-refractivity contribution in [2.75, 3.05) is 0 Å². The molecule has 0 saturated carbocycles. The predicted octanol–water partition coefficient (Wildman–Crippen LogP) is 9.39. The summed E-state index contributed by atoms with van der Waals surface area (Å²) in [5.41, 5.74) is 13.7. The van der Waals surface area contributed by atoms with Crippen LogP contribution in [0.25, 0.3) is 67.2 Å². The molecule has 204 valence electrons. The Morgan fingerprint density at radius 2 is 1.12 bits per heavy atom. The Kier molecular flexibility index (Phi) is 5.76. The lowest BCUT2D eigenvalue weighted by atomic mass is 9.78. The van der Waals surface area contributed by atoms with Gasteiger partial charge in [-0.2, -0.15) is 0 Å². The van der Waals surface area contributed by atoms with E-state index in [9.17, 15) is 0 Å². The molecule has 4 heteroatoms. The Morgan fingerprint density at radius 1 is 0.512 bits per heavy atom. The number of benzene rings is 3. The Morgan fingerprint density at radius 3 is 1.79 bits per heavy atom. The lowest BCUT2D eigenvalue weighted by Gasteiger charge is -2.25. The first-order valence-electron chi connectivity index (χ1n) is 14.6. The number of rotatable bonds is 4. The van der Waals surface area contributed by atoms with Gasteiger partial charge in [-0.15, -0.1) is 0 Å². The van der Waals surface area contributed by atoms with Crippen LogP contribution in [0.1, 0.15) is 25.0 Å². The third-order valence-corrected chi connectivity index (χ3v) is 8.56. The number of aromatic nitrogens is 4. The highest BCUT2D eigenvalue weighted by Gasteiger charge is 2.39. The van der Waals surface area contributed by atoms with Crippen LogP contribution in [0.15, 0.2) is 134 Å². The summed E-state index contributed by atoms with van der Waals surface area (Å²) < 4.78 is 0. The maximum absolute atomic E-state index is 5.20. The van der Waals surface area contributed by atoms with Gasteiger partial charge < -0.3 is 0 Å². The van der Waals surface area contributed by atoms with Crippen molar-refractivity contribution in [2.24, 2.45) is 0 Å². The highest BCUT2D eigenvalue weighted by atomic mass is 14.8. The topological polar surface area (TPSA) is 51.6 Å². The lowest BCUT2D eigenvalue weighted by Crippen LogP contribution is -2.16. The second-order valence-electron chi connectivity index (χ2n) is 11.5. The standard InChI is InChI=1S/C39H28N4/c1-39(2)30-13-5-3-11-28(30)38-37(39)36(29-12-4-6-14-31(29)43-38)26-19-17-25(18-20-26)27-23-34(32-15-7-9-21-40-32)42-35(24-27)33-16-8-10-22-41-33/h3-24H,1-2H3. The predicted molar refractivity (Wildman–Crippen MR) is 174 cm³/mol. The number of nitrogens with zero attached hydrogens (tertiary/aromatic N) is 4. The fraction of sp³-hybridized carbons (Fsp3) is 0.0769. The zero-order chi connectivity index (χ0) is 29.0. The summed E-state index contributed by atoms with van der Waals surface area (Å²) in [5.74, 6) is 0. The molecule has 0 saturated heterocycles. The Bertz CT molecular complexity index is 2080. The molecule has 3 aromatic carbocycles. The fourth-order valence-corrected chi connectivity index (χ4v) is 6.50. The maximum atomic E-state index is 5.20. The van der Waals surface area contributed by atoms with Crippen LogP contribution in [0.5, 0.6) is 0 Å². The van der Waals surface area contributed by atoms with Crippen molar-refractivity contribution in [3.8, 4) is 56.3 Å². The van der Waals surface area contributed by atoms with Gasteiger partial charge in [0, 0.05) is 28.8 Å². The van der Waals surface area contributed by atoms with Gasteiger partial charge >= 0.3 is 0 Å². The van der Waals surface area contributed by atoms with Gasteiger partial charge in [0.1, 0.15) is 0 Å². The van der Waals surface area contributed by atoms with Crippen molar-refractivity contribution in [3.05, 3.63) is 145 Å². The van der Waals surface area contributed by atoms with Gasteiger partial charge in [-0.3, -0.25) is 9.97 Å². The minimum Gasteiger partial charge on any atom is -0.255 e. The van der Waals surface area contributed by atoms with Crippen LogP contribution in [0.2, 0.25) is 0 Å². The van der Waals surface area contributed by atoms with Gasteiger partial charge in [-0.05, 0) is 75.8 Å². The molecule has 4 heterocycles. The van der Waals surface area contributed by atoms with Gasteiger partial charge in [0.05, 0.1) is 34.0 Å². The molecule has 0 aliphatic heterocycles. The van der Waals surface area contributed by atoms with Gasteiger partial charge in [0.2, 0.25) is 0 Å². The highest BCUT2D eigenvalue weighted by molar-refractivity contribution is 6.02. The van der Waals surface area contributed by atoms with E-state index in [1.807, 2.05) is 36.4 Å². The van der Waals surface area contributed by atoms with Crippen molar-refractivity contribution in [1.82, 2.24) is 19.9 Å². The number of hydrogen-bond donors (Lipinski definition) is 0. The van der Waals surface area contributed by atoms with E-state index >= 15 is 0 Å². The monoisotopic (exact) mass is 552 g/mol. The van der Waals surface area contributed by atoms with Crippen LogP contribution in [0.4, 0.5) is 0 Å². The number of para-hydroxylation sites is 1. The first-order valence-corrected chi connectivity index (χ1v) is 14.6. The van der Waals surface area contributed by atoms with Gasteiger partial charge in [-0.25, -0.2) is 9.97 Å². The third-order valence-electron chi connectivity index (χ3n) is 8.56. The Balaban J connectivity index is 1.30. The van der Waals surface area contributed by atoms with E-state index in [2.05, 4.69) is 109 Å². The molecule has 43 heavy (non-hydrogen) atoms. The average molecular weight is 553 g/mol. The number of pyridine rings is 4. The summed E-state index contributed by atoms with van der Waals surface area (Å²) in [6, 6.07) is 42.2. The molecule has 1 aliphatic carbocycles. The molecule has 0 N–H and O–H groups in total. The second-order valence-corrected chi connectivity index (χ2v) is 11.5. The fourth-order valence-electron chi connectivity index (χ4n) is 6.50. The molecular weight excluding hydrogens is 524 g/mol. The molecule has 0 fully saturated rings. The number of fused-ring (bicyclic) bond motifs is 4. The van der Waals surface area contributed by atoms with Crippen LogP contribution in [0, 0.1) is 0 Å². The average Bonchev–Trinajstić information content (AvgIpc) is 3.30. The summed E-state index contributed by atoms with van der Waals surface area (Å²) >= 11 is 0. The van der Waals surface area contributed by atoms with E-state index in [0.717, 1.165) is 45.1 Å². The minimum absolute atomic E-state index is 0.169. The van der Waals surface area contributed by atoms with E-state index in [-0.39, 0.29) is 5.41 Å². The van der Waals surface area contributed by atoms with E-state index in [0.29, 0.717) is 0 Å². The summed E-state index contributed by atoms with van der Waals surface area (Å²) in [5, 5.41) is 1.17. The summed E-state index contributed by atoms with van der Waals surface area (Å²) in [4.78, 5) is 19.3.